The van der Waals surface area contributed by atoms with Crippen molar-refractivity contribution in [3.8, 4) is 0 Å². The minimum atomic E-state index is -0.0408. The lowest BCUT2D eigenvalue weighted by Gasteiger charge is -2.16. The van der Waals surface area contributed by atoms with Gasteiger partial charge in [-0.05, 0) is 36.2 Å². The second kappa shape index (κ2) is 7.90. The van der Waals surface area contributed by atoms with Crippen molar-refractivity contribution < 1.29 is 9.59 Å². The second-order valence-corrected chi connectivity index (χ2v) is 9.06. The zero-order chi connectivity index (χ0) is 21.5. The molecule has 0 unspecified atom stereocenters. The maximum absolute atomic E-state index is 12.6. The third kappa shape index (κ3) is 3.43. The van der Waals surface area contributed by atoms with Gasteiger partial charge in [0.15, 0.2) is 0 Å². The van der Waals surface area contributed by atoms with Crippen LogP contribution in [0.3, 0.4) is 0 Å². The molecule has 0 saturated carbocycles. The van der Waals surface area contributed by atoms with E-state index < -0.39 is 0 Å². The van der Waals surface area contributed by atoms with Crippen LogP contribution in [-0.2, 0) is 6.54 Å². The molecule has 1 amide bonds. The predicted octanol–water partition coefficient (Wildman–Crippen LogP) is 4.26. The van der Waals surface area contributed by atoms with Gasteiger partial charge in [-0.1, -0.05) is 24.3 Å². The average Bonchev–Trinajstić information content (AvgIpc) is 3.49. The zero-order valence-electron chi connectivity index (χ0n) is 17.6. The van der Waals surface area contributed by atoms with Crippen LogP contribution >= 0.6 is 11.3 Å². The monoisotopic (exact) mass is 432 g/mol. The van der Waals surface area contributed by atoms with Crippen LogP contribution in [0.2, 0.25) is 0 Å². The number of nitrogens with one attached hydrogen (secondary N) is 1. The summed E-state index contributed by atoms with van der Waals surface area (Å²) in [6, 6.07) is 12.1. The third-order valence-corrected chi connectivity index (χ3v) is 7.27. The molecule has 4 aromatic rings. The molecule has 6 nitrogen and oxygen atoms in total. The van der Waals surface area contributed by atoms with E-state index in [1.807, 2.05) is 30.5 Å². The maximum Gasteiger partial charge on any atom is 0.261 e. The molecule has 1 saturated heterocycles. The first-order valence-corrected chi connectivity index (χ1v) is 11.3. The number of hydrogen-bond donors (Lipinski definition) is 1. The number of nitrogens with zero attached hydrogens (tertiary/aromatic N) is 3. The van der Waals surface area contributed by atoms with E-state index in [0.29, 0.717) is 0 Å². The first-order chi connectivity index (χ1) is 15.1. The van der Waals surface area contributed by atoms with Crippen molar-refractivity contribution in [2.45, 2.75) is 25.8 Å². The summed E-state index contributed by atoms with van der Waals surface area (Å²) in [5, 5.41) is 5.00. The van der Waals surface area contributed by atoms with E-state index in [2.05, 4.69) is 27.3 Å². The first-order valence-electron chi connectivity index (χ1n) is 10.5. The van der Waals surface area contributed by atoms with E-state index in [-0.39, 0.29) is 17.7 Å². The van der Waals surface area contributed by atoms with Gasteiger partial charge in [0.1, 0.15) is 4.83 Å². The first kappa shape index (κ1) is 19.9. The molecule has 0 bridgehead atoms. The second-order valence-electron chi connectivity index (χ2n) is 8.06. The summed E-state index contributed by atoms with van der Waals surface area (Å²) in [4.78, 5) is 33.2. The van der Waals surface area contributed by atoms with Crippen molar-refractivity contribution in [3.05, 3.63) is 64.8 Å². The zero-order valence-corrected chi connectivity index (χ0v) is 18.4. The molecule has 31 heavy (non-hydrogen) atoms. The van der Waals surface area contributed by atoms with Crippen LogP contribution in [0.4, 0.5) is 0 Å². The Balaban J connectivity index is 1.45. The number of carbonyl (C=O) groups is 2. The summed E-state index contributed by atoms with van der Waals surface area (Å²) in [6.07, 6.45) is 4.75. The number of likely N-dealkylation sites (tertiary alicyclic amines) is 1. The van der Waals surface area contributed by atoms with E-state index in [1.165, 1.54) is 11.3 Å². The van der Waals surface area contributed by atoms with Crippen LogP contribution in [0.25, 0.3) is 21.1 Å². The Kier molecular flexibility index (Phi) is 5.08. The van der Waals surface area contributed by atoms with Gasteiger partial charge >= 0.3 is 0 Å². The Hall–Kier alpha value is -3.03. The molecule has 5 rings (SSSR count). The van der Waals surface area contributed by atoms with Gasteiger partial charge in [-0.2, -0.15) is 0 Å². The van der Waals surface area contributed by atoms with Crippen molar-refractivity contribution >= 4 is 44.3 Å². The van der Waals surface area contributed by atoms with Crippen LogP contribution in [0, 0.1) is 0 Å². The van der Waals surface area contributed by atoms with Crippen molar-refractivity contribution in [1.29, 1.82) is 0 Å². The fourth-order valence-corrected chi connectivity index (χ4v) is 5.90. The number of aromatic nitrogens is 2. The molecule has 1 fully saturated rings. The Morgan fingerprint density at radius 3 is 2.81 bits per heavy atom. The molecular formula is C24H24N4O2S. The lowest BCUT2D eigenvalue weighted by atomic mass is 9.95. The highest BCUT2D eigenvalue weighted by Crippen LogP contribution is 2.40. The van der Waals surface area contributed by atoms with E-state index in [1.54, 1.807) is 24.7 Å². The fourth-order valence-electron chi connectivity index (χ4n) is 4.73. The van der Waals surface area contributed by atoms with E-state index >= 15 is 0 Å². The Labute approximate surface area is 184 Å². The number of para-hydroxylation sites is 1. The molecule has 1 aromatic carbocycles. The van der Waals surface area contributed by atoms with Crippen LogP contribution in [-0.4, -0.2) is 46.4 Å². The highest BCUT2D eigenvalue weighted by molar-refractivity contribution is 7.20. The Morgan fingerprint density at radius 1 is 1.19 bits per heavy atom. The lowest BCUT2D eigenvalue weighted by molar-refractivity contribution is 0.0939. The van der Waals surface area contributed by atoms with Gasteiger partial charge in [0.05, 0.1) is 10.4 Å². The molecular weight excluding hydrogens is 408 g/mol. The number of thiophene rings is 1. The fraction of sp³-hybridized carbons (Fsp3) is 0.292. The number of fused-ring (bicyclic) bond motifs is 2. The van der Waals surface area contributed by atoms with Gasteiger partial charge in [0.25, 0.3) is 5.91 Å². The number of amides is 1. The van der Waals surface area contributed by atoms with Gasteiger partial charge in [0.2, 0.25) is 5.91 Å². The number of carbonyl (C=O) groups excluding carboxylic acids is 2. The van der Waals surface area contributed by atoms with Crippen LogP contribution in [0.5, 0.6) is 0 Å². The molecule has 1 atom stereocenters. The standard InChI is InChI=1S/C24H24N4O2S/c1-15(29)28-14-17(18-6-3-4-8-20(18)28)13-27-11-9-16(12-27)21-19-7-5-10-26-24(19)31-22(21)23(30)25-2/h3-8,10,14,16H,9,11-13H2,1-2H3,(H,25,30)/t16-/m0/s1. The Bertz CT molecular complexity index is 1310. The van der Waals surface area contributed by atoms with Gasteiger partial charge in [-0.15, -0.1) is 11.3 Å². The summed E-state index contributed by atoms with van der Waals surface area (Å²) in [5.74, 6) is 0.265. The predicted molar refractivity (Wildman–Crippen MR) is 124 cm³/mol. The number of pyridine rings is 1. The highest BCUT2D eigenvalue weighted by atomic mass is 32.1. The molecule has 0 radical (unpaired) electrons. The number of hydrogen-bond acceptors (Lipinski definition) is 5. The minimum absolute atomic E-state index is 0.0224. The van der Waals surface area contributed by atoms with Crippen LogP contribution in [0.1, 0.15) is 44.9 Å². The van der Waals surface area contributed by atoms with E-state index in [0.717, 1.165) is 63.2 Å². The number of rotatable bonds is 4. The molecule has 3 aromatic heterocycles. The maximum atomic E-state index is 12.6. The topological polar surface area (TPSA) is 67.2 Å². The molecule has 1 aliphatic rings. The molecule has 158 valence electrons. The summed E-state index contributed by atoms with van der Waals surface area (Å²) >= 11 is 1.47. The van der Waals surface area contributed by atoms with Crippen molar-refractivity contribution in [2.75, 3.05) is 20.1 Å². The SMILES string of the molecule is CNC(=O)c1sc2ncccc2c1[C@H]1CCN(Cc2cn(C(C)=O)c3ccccc23)C1. The van der Waals surface area contributed by atoms with E-state index in [9.17, 15) is 9.59 Å². The van der Waals surface area contributed by atoms with E-state index in [4.69, 9.17) is 0 Å². The van der Waals surface area contributed by atoms with Gasteiger partial charge in [-0.25, -0.2) is 4.98 Å². The summed E-state index contributed by atoms with van der Waals surface area (Å²) in [7, 11) is 1.68. The minimum Gasteiger partial charge on any atom is -0.354 e. The molecule has 7 heteroatoms. The van der Waals surface area contributed by atoms with Crippen molar-refractivity contribution in [2.24, 2.45) is 0 Å². The summed E-state index contributed by atoms with van der Waals surface area (Å²) in [5.41, 5.74) is 3.24. The molecule has 0 spiro atoms. The average molecular weight is 433 g/mol. The molecule has 0 aliphatic carbocycles. The summed E-state index contributed by atoms with van der Waals surface area (Å²) in [6.45, 7) is 4.21. The van der Waals surface area contributed by atoms with Crippen LogP contribution in [0.15, 0.2) is 48.8 Å². The van der Waals surface area contributed by atoms with Crippen molar-refractivity contribution in [1.82, 2.24) is 19.8 Å². The van der Waals surface area contributed by atoms with Crippen molar-refractivity contribution in [3.63, 3.8) is 0 Å². The summed E-state index contributed by atoms with van der Waals surface area (Å²) < 4.78 is 1.74. The normalized spacial score (nSPS) is 16.9. The van der Waals surface area contributed by atoms with Crippen LogP contribution < -0.4 is 5.32 Å². The largest absolute Gasteiger partial charge is 0.354 e. The smallest absolute Gasteiger partial charge is 0.261 e. The molecule has 1 aliphatic heterocycles. The molecule has 4 heterocycles. The highest BCUT2D eigenvalue weighted by Gasteiger charge is 2.31. The lowest BCUT2D eigenvalue weighted by Crippen LogP contribution is -2.21. The van der Waals surface area contributed by atoms with Gasteiger partial charge in [-0.3, -0.25) is 19.1 Å². The quantitative estimate of drug-likeness (QED) is 0.523. The number of benzene rings is 1. The van der Waals surface area contributed by atoms with Gasteiger partial charge in [0, 0.05) is 56.1 Å². The third-order valence-electron chi connectivity index (χ3n) is 6.15. The molecule has 1 N–H and O–H groups in total. The Morgan fingerprint density at radius 2 is 2.00 bits per heavy atom. The van der Waals surface area contributed by atoms with Gasteiger partial charge < -0.3 is 5.32 Å².